The SMILES string of the molecule is C/C(=C\c1ccc(N(C)C)cc1)C(=O)/C=C/c1ccccc1. The van der Waals surface area contributed by atoms with Gasteiger partial charge in [0, 0.05) is 19.8 Å². The Hall–Kier alpha value is -2.61. The third-order valence-electron chi connectivity index (χ3n) is 3.41. The van der Waals surface area contributed by atoms with Crippen molar-refractivity contribution in [1.29, 1.82) is 0 Å². The fourth-order valence-corrected chi connectivity index (χ4v) is 2.06. The summed E-state index contributed by atoms with van der Waals surface area (Å²) in [5.41, 5.74) is 3.93. The van der Waals surface area contributed by atoms with Crippen LogP contribution in [0.3, 0.4) is 0 Å². The Morgan fingerprint density at radius 2 is 1.55 bits per heavy atom. The van der Waals surface area contributed by atoms with Gasteiger partial charge >= 0.3 is 0 Å². The molecule has 0 saturated carbocycles. The molecular formula is C20H21NO. The minimum absolute atomic E-state index is 0.0283. The van der Waals surface area contributed by atoms with Crippen molar-refractivity contribution in [1.82, 2.24) is 0 Å². The highest BCUT2D eigenvalue weighted by molar-refractivity contribution is 6.08. The molecule has 0 unspecified atom stereocenters. The van der Waals surface area contributed by atoms with Gasteiger partial charge in [-0.3, -0.25) is 4.79 Å². The van der Waals surface area contributed by atoms with E-state index in [9.17, 15) is 4.79 Å². The van der Waals surface area contributed by atoms with Gasteiger partial charge in [-0.1, -0.05) is 48.5 Å². The number of carbonyl (C=O) groups excluding carboxylic acids is 1. The minimum Gasteiger partial charge on any atom is -0.378 e. The van der Waals surface area contributed by atoms with Gasteiger partial charge in [0.25, 0.3) is 0 Å². The largest absolute Gasteiger partial charge is 0.378 e. The highest BCUT2D eigenvalue weighted by Crippen LogP contribution is 2.15. The lowest BCUT2D eigenvalue weighted by Crippen LogP contribution is -2.07. The topological polar surface area (TPSA) is 20.3 Å². The summed E-state index contributed by atoms with van der Waals surface area (Å²) in [5, 5.41) is 0. The van der Waals surface area contributed by atoms with E-state index in [0.717, 1.165) is 22.4 Å². The van der Waals surface area contributed by atoms with Gasteiger partial charge in [-0.25, -0.2) is 0 Å². The van der Waals surface area contributed by atoms with Crippen LogP contribution < -0.4 is 4.90 Å². The Balaban J connectivity index is 2.08. The lowest BCUT2D eigenvalue weighted by atomic mass is 10.1. The zero-order valence-corrected chi connectivity index (χ0v) is 13.3. The van der Waals surface area contributed by atoms with Gasteiger partial charge in [0.15, 0.2) is 5.78 Å². The lowest BCUT2D eigenvalue weighted by molar-refractivity contribution is -0.111. The first-order valence-corrected chi connectivity index (χ1v) is 7.29. The van der Waals surface area contributed by atoms with E-state index < -0.39 is 0 Å². The van der Waals surface area contributed by atoms with Gasteiger partial charge in [0.05, 0.1) is 0 Å². The maximum atomic E-state index is 12.1. The van der Waals surface area contributed by atoms with Crippen molar-refractivity contribution >= 4 is 23.6 Å². The normalized spacial score (nSPS) is 11.7. The number of nitrogens with zero attached hydrogens (tertiary/aromatic N) is 1. The van der Waals surface area contributed by atoms with Crippen LogP contribution >= 0.6 is 0 Å². The monoisotopic (exact) mass is 291 g/mol. The molecule has 0 bridgehead atoms. The van der Waals surface area contributed by atoms with Crippen LogP contribution in [0.5, 0.6) is 0 Å². The van der Waals surface area contributed by atoms with E-state index >= 15 is 0 Å². The van der Waals surface area contributed by atoms with Crippen molar-refractivity contribution in [2.24, 2.45) is 0 Å². The average Bonchev–Trinajstić information content (AvgIpc) is 2.54. The summed E-state index contributed by atoms with van der Waals surface area (Å²) in [7, 11) is 4.02. The van der Waals surface area contributed by atoms with Crippen LogP contribution in [0.15, 0.2) is 66.2 Å². The Morgan fingerprint density at radius 1 is 0.909 bits per heavy atom. The second kappa shape index (κ2) is 7.41. The Labute approximate surface area is 132 Å². The number of allylic oxidation sites excluding steroid dienone is 2. The van der Waals surface area contributed by atoms with Crippen molar-refractivity contribution in [3.05, 3.63) is 77.4 Å². The molecule has 0 saturated heterocycles. The molecule has 2 heteroatoms. The van der Waals surface area contributed by atoms with E-state index in [-0.39, 0.29) is 5.78 Å². The highest BCUT2D eigenvalue weighted by Gasteiger charge is 2.01. The molecule has 2 rings (SSSR count). The molecule has 0 fully saturated rings. The molecule has 0 amide bonds. The van der Waals surface area contributed by atoms with Crippen molar-refractivity contribution in [2.75, 3.05) is 19.0 Å². The summed E-state index contributed by atoms with van der Waals surface area (Å²) in [6.45, 7) is 1.84. The van der Waals surface area contributed by atoms with Gasteiger partial charge in [0.2, 0.25) is 0 Å². The summed E-state index contributed by atoms with van der Waals surface area (Å²) in [6.07, 6.45) is 5.38. The maximum Gasteiger partial charge on any atom is 0.181 e. The predicted molar refractivity (Wildman–Crippen MR) is 94.9 cm³/mol. The number of anilines is 1. The van der Waals surface area contributed by atoms with Crippen LogP contribution in [0.4, 0.5) is 5.69 Å². The smallest absolute Gasteiger partial charge is 0.181 e. The summed E-state index contributed by atoms with van der Waals surface area (Å²) >= 11 is 0. The first-order chi connectivity index (χ1) is 10.6. The predicted octanol–water partition coefficient (Wildman–Crippen LogP) is 4.44. The van der Waals surface area contributed by atoms with E-state index in [1.54, 1.807) is 6.08 Å². The average molecular weight is 291 g/mol. The Morgan fingerprint density at radius 3 is 2.14 bits per heavy atom. The fraction of sp³-hybridized carbons (Fsp3) is 0.150. The number of hydrogen-bond donors (Lipinski definition) is 0. The fourth-order valence-electron chi connectivity index (χ4n) is 2.06. The summed E-state index contributed by atoms with van der Waals surface area (Å²) in [6, 6.07) is 18.0. The maximum absolute atomic E-state index is 12.1. The number of ketones is 1. The van der Waals surface area contributed by atoms with E-state index in [1.165, 1.54) is 0 Å². The third kappa shape index (κ3) is 4.45. The minimum atomic E-state index is 0.0283. The van der Waals surface area contributed by atoms with Gasteiger partial charge in [0.1, 0.15) is 0 Å². The molecule has 0 aliphatic heterocycles. The number of rotatable bonds is 5. The zero-order chi connectivity index (χ0) is 15.9. The van der Waals surface area contributed by atoms with Crippen LogP contribution in [0.2, 0.25) is 0 Å². The number of benzene rings is 2. The molecule has 0 atom stereocenters. The molecule has 0 heterocycles. The first kappa shape index (κ1) is 15.8. The van der Waals surface area contributed by atoms with Crippen LogP contribution in [-0.4, -0.2) is 19.9 Å². The number of hydrogen-bond acceptors (Lipinski definition) is 2. The molecule has 2 nitrogen and oxygen atoms in total. The summed E-state index contributed by atoms with van der Waals surface area (Å²) in [5.74, 6) is 0.0283. The van der Waals surface area contributed by atoms with E-state index in [4.69, 9.17) is 0 Å². The molecule has 22 heavy (non-hydrogen) atoms. The first-order valence-electron chi connectivity index (χ1n) is 7.29. The molecule has 2 aromatic carbocycles. The van der Waals surface area contributed by atoms with Crippen molar-refractivity contribution in [3.63, 3.8) is 0 Å². The molecule has 0 aliphatic carbocycles. The summed E-state index contributed by atoms with van der Waals surface area (Å²) in [4.78, 5) is 14.2. The van der Waals surface area contributed by atoms with Crippen molar-refractivity contribution in [2.45, 2.75) is 6.92 Å². The molecule has 0 aliphatic rings. The van der Waals surface area contributed by atoms with Crippen LogP contribution in [-0.2, 0) is 4.79 Å². The standard InChI is InChI=1S/C20H21NO/c1-16(15-18-9-12-19(13-10-18)21(2)3)20(22)14-11-17-7-5-4-6-8-17/h4-15H,1-3H3/b14-11+,16-15+. The molecule has 0 N–H and O–H groups in total. The molecule has 112 valence electrons. The van der Waals surface area contributed by atoms with Crippen molar-refractivity contribution in [3.8, 4) is 0 Å². The molecular weight excluding hydrogens is 270 g/mol. The second-order valence-corrected chi connectivity index (χ2v) is 5.42. The zero-order valence-electron chi connectivity index (χ0n) is 13.3. The Kier molecular flexibility index (Phi) is 5.31. The van der Waals surface area contributed by atoms with Gasteiger partial charge in [-0.2, -0.15) is 0 Å². The van der Waals surface area contributed by atoms with E-state index in [2.05, 4.69) is 0 Å². The molecule has 0 radical (unpaired) electrons. The molecule has 2 aromatic rings. The quantitative estimate of drug-likeness (QED) is 0.759. The third-order valence-corrected chi connectivity index (χ3v) is 3.41. The van der Waals surface area contributed by atoms with Crippen LogP contribution in [0.1, 0.15) is 18.1 Å². The summed E-state index contributed by atoms with van der Waals surface area (Å²) < 4.78 is 0. The lowest BCUT2D eigenvalue weighted by Gasteiger charge is -2.11. The Bertz CT molecular complexity index is 679. The van der Waals surface area contributed by atoms with Gasteiger partial charge in [-0.15, -0.1) is 0 Å². The highest BCUT2D eigenvalue weighted by atomic mass is 16.1. The molecule has 0 aromatic heterocycles. The van der Waals surface area contributed by atoms with E-state index in [1.807, 2.05) is 92.7 Å². The van der Waals surface area contributed by atoms with Crippen LogP contribution in [0, 0.1) is 0 Å². The van der Waals surface area contributed by atoms with Crippen molar-refractivity contribution < 1.29 is 4.79 Å². The van der Waals surface area contributed by atoms with Gasteiger partial charge in [-0.05, 0) is 47.9 Å². The van der Waals surface area contributed by atoms with Crippen LogP contribution in [0.25, 0.3) is 12.2 Å². The van der Waals surface area contributed by atoms with Gasteiger partial charge < -0.3 is 4.90 Å². The van der Waals surface area contributed by atoms with E-state index in [0.29, 0.717) is 0 Å². The number of carbonyl (C=O) groups is 1. The molecule has 0 spiro atoms. The second-order valence-electron chi connectivity index (χ2n) is 5.42.